The van der Waals surface area contributed by atoms with Crippen molar-refractivity contribution in [2.45, 2.75) is 37.6 Å². The maximum absolute atomic E-state index is 12.6. The molecule has 0 aromatic heterocycles. The molecule has 2 aliphatic rings. The normalized spacial score (nSPS) is 25.9. The van der Waals surface area contributed by atoms with Crippen LogP contribution in [-0.2, 0) is 16.1 Å². The minimum Gasteiger partial charge on any atom is -0.326 e. The van der Waals surface area contributed by atoms with Gasteiger partial charge in [0.2, 0.25) is 11.8 Å². The molecule has 1 saturated heterocycles. The Balaban J connectivity index is 1.89. The summed E-state index contributed by atoms with van der Waals surface area (Å²) in [6.45, 7) is 2.31. The lowest BCUT2D eigenvalue weighted by molar-refractivity contribution is -0.138. The molecular formula is C15H18N2O2S. The van der Waals surface area contributed by atoms with Crippen LogP contribution in [0.4, 0.5) is 5.69 Å². The van der Waals surface area contributed by atoms with Crippen LogP contribution in [0.3, 0.4) is 0 Å². The molecule has 0 radical (unpaired) electrons. The number of thioether (sulfide) groups is 1. The van der Waals surface area contributed by atoms with Crippen LogP contribution in [-0.4, -0.2) is 33.8 Å². The van der Waals surface area contributed by atoms with Crippen molar-refractivity contribution in [2.24, 2.45) is 0 Å². The maximum Gasteiger partial charge on any atom is 0.246 e. The summed E-state index contributed by atoms with van der Waals surface area (Å²) in [4.78, 5) is 26.6. The highest BCUT2D eigenvalue weighted by atomic mass is 32.2. The highest BCUT2D eigenvalue weighted by Gasteiger charge is 2.35. The third kappa shape index (κ3) is 2.42. The number of amides is 2. The van der Waals surface area contributed by atoms with Gasteiger partial charge in [0.1, 0.15) is 6.04 Å². The molecule has 4 nitrogen and oxygen atoms in total. The fourth-order valence-electron chi connectivity index (χ4n) is 2.71. The van der Waals surface area contributed by atoms with Crippen molar-refractivity contribution in [2.75, 3.05) is 11.1 Å². The predicted octanol–water partition coefficient (Wildman–Crippen LogP) is 2.25. The monoisotopic (exact) mass is 290 g/mol. The molecule has 0 saturated carbocycles. The van der Waals surface area contributed by atoms with Crippen molar-refractivity contribution in [3.05, 3.63) is 29.8 Å². The Labute approximate surface area is 122 Å². The van der Waals surface area contributed by atoms with E-state index in [1.807, 2.05) is 24.3 Å². The van der Waals surface area contributed by atoms with E-state index in [9.17, 15) is 9.59 Å². The first-order chi connectivity index (χ1) is 9.66. The molecule has 5 heteroatoms. The lowest BCUT2D eigenvalue weighted by atomic mass is 10.1. The summed E-state index contributed by atoms with van der Waals surface area (Å²) < 4.78 is 0. The summed E-state index contributed by atoms with van der Waals surface area (Å²) in [6.07, 6.45) is 2.02. The molecule has 0 aliphatic carbocycles. The van der Waals surface area contributed by atoms with Gasteiger partial charge >= 0.3 is 0 Å². The van der Waals surface area contributed by atoms with Crippen LogP contribution in [0.1, 0.15) is 25.3 Å². The quantitative estimate of drug-likeness (QED) is 0.863. The van der Waals surface area contributed by atoms with E-state index in [4.69, 9.17) is 0 Å². The molecule has 1 aromatic rings. The van der Waals surface area contributed by atoms with E-state index in [-0.39, 0.29) is 17.1 Å². The zero-order valence-electron chi connectivity index (χ0n) is 11.5. The fraction of sp³-hybridized carbons (Fsp3) is 0.467. The predicted molar refractivity (Wildman–Crippen MR) is 80.6 cm³/mol. The standard InChI is InChI=1S/C15H18N2O2S/c1-10-14(18)16-12-6-3-2-5-11(12)9-17(10)15(19)13-7-4-8-20-13/h2-3,5-6,10,13H,4,7-9H2,1H3,(H,16,18). The number of hydrogen-bond donors (Lipinski definition) is 1. The van der Waals surface area contributed by atoms with Crippen molar-refractivity contribution >= 4 is 29.3 Å². The summed E-state index contributed by atoms with van der Waals surface area (Å²) >= 11 is 1.71. The largest absolute Gasteiger partial charge is 0.326 e. The third-order valence-corrected chi connectivity index (χ3v) is 5.32. The Hall–Kier alpha value is -1.49. The van der Waals surface area contributed by atoms with Gasteiger partial charge in [-0.1, -0.05) is 18.2 Å². The number of carbonyl (C=O) groups is 2. The van der Waals surface area contributed by atoms with Gasteiger partial charge in [-0.25, -0.2) is 0 Å². The Morgan fingerprint density at radius 1 is 1.40 bits per heavy atom. The number of benzene rings is 1. The Bertz CT molecular complexity index is 540. The molecule has 2 unspecified atom stereocenters. The van der Waals surface area contributed by atoms with E-state index >= 15 is 0 Å². The average molecular weight is 290 g/mol. The van der Waals surface area contributed by atoms with Crippen molar-refractivity contribution in [3.8, 4) is 0 Å². The van der Waals surface area contributed by atoms with Gasteiger partial charge in [-0.2, -0.15) is 0 Å². The maximum atomic E-state index is 12.6. The Morgan fingerprint density at radius 3 is 2.95 bits per heavy atom. The van der Waals surface area contributed by atoms with Crippen LogP contribution < -0.4 is 5.32 Å². The second kappa shape index (κ2) is 5.48. The fourth-order valence-corrected chi connectivity index (χ4v) is 3.93. The SMILES string of the molecule is CC1C(=O)Nc2ccccc2CN1C(=O)C1CCCS1. The molecule has 0 bridgehead atoms. The average Bonchev–Trinajstić information content (AvgIpc) is 2.95. The van der Waals surface area contributed by atoms with Gasteiger partial charge in [0.15, 0.2) is 0 Å². The molecular weight excluding hydrogens is 272 g/mol. The van der Waals surface area contributed by atoms with Crippen LogP contribution in [0.25, 0.3) is 0 Å². The third-order valence-electron chi connectivity index (χ3n) is 3.95. The second-order valence-corrected chi connectivity index (χ2v) is 6.60. The molecule has 1 N–H and O–H groups in total. The van der Waals surface area contributed by atoms with Crippen LogP contribution >= 0.6 is 11.8 Å². The molecule has 20 heavy (non-hydrogen) atoms. The summed E-state index contributed by atoms with van der Waals surface area (Å²) in [5.74, 6) is 1.04. The van der Waals surface area contributed by atoms with E-state index in [0.29, 0.717) is 6.54 Å². The van der Waals surface area contributed by atoms with Gasteiger partial charge in [0.25, 0.3) is 0 Å². The van der Waals surface area contributed by atoms with E-state index in [1.54, 1.807) is 23.6 Å². The molecule has 2 amide bonds. The molecule has 1 fully saturated rings. The second-order valence-electron chi connectivity index (χ2n) is 5.29. The molecule has 3 rings (SSSR count). The molecule has 2 atom stereocenters. The van der Waals surface area contributed by atoms with E-state index in [2.05, 4.69) is 5.32 Å². The Morgan fingerprint density at radius 2 is 2.20 bits per heavy atom. The number of anilines is 1. The first-order valence-electron chi connectivity index (χ1n) is 6.97. The van der Waals surface area contributed by atoms with Crippen molar-refractivity contribution in [1.82, 2.24) is 4.90 Å². The number of fused-ring (bicyclic) bond motifs is 1. The van der Waals surface area contributed by atoms with Crippen LogP contribution in [0, 0.1) is 0 Å². The van der Waals surface area contributed by atoms with Crippen LogP contribution in [0.5, 0.6) is 0 Å². The van der Waals surface area contributed by atoms with Gasteiger partial charge < -0.3 is 10.2 Å². The summed E-state index contributed by atoms with van der Waals surface area (Å²) in [7, 11) is 0. The van der Waals surface area contributed by atoms with Crippen LogP contribution in [0.2, 0.25) is 0 Å². The van der Waals surface area contributed by atoms with Gasteiger partial charge in [-0.3, -0.25) is 9.59 Å². The molecule has 106 valence electrons. The Kier molecular flexibility index (Phi) is 3.70. The zero-order chi connectivity index (χ0) is 14.1. The van der Waals surface area contributed by atoms with Gasteiger partial charge in [0.05, 0.1) is 5.25 Å². The van der Waals surface area contributed by atoms with Crippen LogP contribution in [0.15, 0.2) is 24.3 Å². The van der Waals surface area contributed by atoms with E-state index < -0.39 is 6.04 Å². The molecule has 2 heterocycles. The summed E-state index contributed by atoms with van der Waals surface area (Å²) in [6, 6.07) is 7.27. The highest BCUT2D eigenvalue weighted by Crippen LogP contribution is 2.30. The number of rotatable bonds is 1. The first kappa shape index (κ1) is 13.5. The lowest BCUT2D eigenvalue weighted by Gasteiger charge is -2.28. The summed E-state index contributed by atoms with van der Waals surface area (Å²) in [5, 5.41) is 2.93. The zero-order valence-corrected chi connectivity index (χ0v) is 12.3. The van der Waals surface area contributed by atoms with Gasteiger partial charge in [-0.05, 0) is 37.1 Å². The number of nitrogens with zero attached hydrogens (tertiary/aromatic N) is 1. The number of para-hydroxylation sites is 1. The van der Waals surface area contributed by atoms with Crippen molar-refractivity contribution in [1.29, 1.82) is 0 Å². The smallest absolute Gasteiger partial charge is 0.246 e. The molecule has 2 aliphatic heterocycles. The minimum absolute atomic E-state index is 0.0236. The number of nitrogens with one attached hydrogen (secondary N) is 1. The minimum atomic E-state index is -0.420. The van der Waals surface area contributed by atoms with Gasteiger partial charge in [-0.15, -0.1) is 11.8 Å². The lowest BCUT2D eigenvalue weighted by Crippen LogP contribution is -2.46. The summed E-state index contributed by atoms with van der Waals surface area (Å²) in [5.41, 5.74) is 1.82. The topological polar surface area (TPSA) is 49.4 Å². The molecule has 1 aromatic carbocycles. The highest BCUT2D eigenvalue weighted by molar-refractivity contribution is 8.00. The number of hydrogen-bond acceptors (Lipinski definition) is 3. The van der Waals surface area contributed by atoms with E-state index in [1.165, 1.54) is 0 Å². The molecule has 0 spiro atoms. The first-order valence-corrected chi connectivity index (χ1v) is 8.02. The van der Waals surface area contributed by atoms with E-state index in [0.717, 1.165) is 29.8 Å². The number of carbonyl (C=O) groups excluding carboxylic acids is 2. The van der Waals surface area contributed by atoms with Gasteiger partial charge in [0, 0.05) is 12.2 Å². The van der Waals surface area contributed by atoms with Crippen molar-refractivity contribution < 1.29 is 9.59 Å². The van der Waals surface area contributed by atoms with Crippen molar-refractivity contribution in [3.63, 3.8) is 0 Å².